The summed E-state index contributed by atoms with van der Waals surface area (Å²) in [7, 11) is 0. The van der Waals surface area contributed by atoms with Gasteiger partial charge >= 0.3 is 5.69 Å². The zero-order valence-corrected chi connectivity index (χ0v) is 17.1. The zero-order valence-electron chi connectivity index (χ0n) is 16.3. The van der Waals surface area contributed by atoms with E-state index < -0.39 is 11.2 Å². The fourth-order valence-electron chi connectivity index (χ4n) is 3.60. The topological polar surface area (TPSA) is 75.0 Å². The lowest BCUT2D eigenvalue weighted by molar-refractivity contribution is 0.482. The molecule has 0 bridgehead atoms. The second-order valence-electron chi connectivity index (χ2n) is 7.10. The molecule has 8 heteroatoms. The van der Waals surface area contributed by atoms with Crippen LogP contribution in [0.25, 0.3) is 16.9 Å². The first kappa shape index (κ1) is 19.1. The van der Waals surface area contributed by atoms with Crippen molar-refractivity contribution < 1.29 is 4.42 Å². The molecule has 3 aromatic heterocycles. The first-order valence-electron chi connectivity index (χ1n) is 9.65. The second-order valence-corrected chi connectivity index (χ2v) is 7.53. The Labute approximate surface area is 181 Å². The molecular formula is C23H17ClN4O3. The van der Waals surface area contributed by atoms with Gasteiger partial charge in [-0.2, -0.15) is 0 Å². The predicted octanol–water partition coefficient (Wildman–Crippen LogP) is 3.69. The molecule has 5 rings (SSSR count). The van der Waals surface area contributed by atoms with Crippen LogP contribution in [0.4, 0.5) is 0 Å². The van der Waals surface area contributed by atoms with Gasteiger partial charge in [0.2, 0.25) is 0 Å². The van der Waals surface area contributed by atoms with Gasteiger partial charge in [-0.05, 0) is 42.0 Å². The van der Waals surface area contributed by atoms with E-state index in [0.29, 0.717) is 34.2 Å². The molecule has 31 heavy (non-hydrogen) atoms. The lowest BCUT2D eigenvalue weighted by Gasteiger charge is -2.12. The number of hydrogen-bond acceptors (Lipinski definition) is 4. The monoisotopic (exact) mass is 432 g/mol. The van der Waals surface area contributed by atoms with Crippen LogP contribution in [0.2, 0.25) is 5.02 Å². The van der Waals surface area contributed by atoms with E-state index >= 15 is 0 Å². The normalized spacial score (nSPS) is 11.3. The number of rotatable bonds is 5. The molecule has 0 unspecified atom stereocenters. The lowest BCUT2D eigenvalue weighted by atomic mass is 10.2. The lowest BCUT2D eigenvalue weighted by Crippen LogP contribution is -2.40. The molecule has 5 aromatic rings. The van der Waals surface area contributed by atoms with Gasteiger partial charge in [-0.15, -0.1) is 0 Å². The number of benzene rings is 2. The van der Waals surface area contributed by atoms with E-state index in [-0.39, 0.29) is 6.54 Å². The first-order chi connectivity index (χ1) is 15.1. The Hall–Kier alpha value is -3.84. The van der Waals surface area contributed by atoms with E-state index in [0.717, 1.165) is 5.56 Å². The van der Waals surface area contributed by atoms with Crippen LogP contribution in [0.3, 0.4) is 0 Å². The van der Waals surface area contributed by atoms with Crippen LogP contribution in [0.15, 0.2) is 93.3 Å². The Bertz CT molecular complexity index is 1460. The summed E-state index contributed by atoms with van der Waals surface area (Å²) in [6.45, 7) is 0.469. The molecule has 0 radical (unpaired) electrons. The van der Waals surface area contributed by atoms with Crippen LogP contribution in [-0.4, -0.2) is 18.7 Å². The van der Waals surface area contributed by atoms with Crippen molar-refractivity contribution in [3.8, 4) is 5.69 Å². The van der Waals surface area contributed by atoms with Gasteiger partial charge < -0.3 is 8.98 Å². The average Bonchev–Trinajstić information content (AvgIpc) is 3.44. The average molecular weight is 433 g/mol. The highest BCUT2D eigenvalue weighted by molar-refractivity contribution is 6.30. The van der Waals surface area contributed by atoms with Crippen molar-refractivity contribution in [3.63, 3.8) is 0 Å². The fraction of sp³-hybridized carbons (Fsp3) is 0.0870. The quantitative estimate of drug-likeness (QED) is 0.424. The smallest absolute Gasteiger partial charge is 0.337 e. The van der Waals surface area contributed by atoms with Crippen LogP contribution >= 0.6 is 11.6 Å². The summed E-state index contributed by atoms with van der Waals surface area (Å²) < 4.78 is 9.74. The minimum Gasteiger partial charge on any atom is -0.467 e. The van der Waals surface area contributed by atoms with Crippen LogP contribution in [-0.2, 0) is 13.1 Å². The zero-order chi connectivity index (χ0) is 21.4. The predicted molar refractivity (Wildman–Crippen MR) is 118 cm³/mol. The van der Waals surface area contributed by atoms with Crippen molar-refractivity contribution in [2.24, 2.45) is 0 Å². The molecule has 2 aromatic carbocycles. The first-order valence-corrected chi connectivity index (χ1v) is 10.0. The number of furan rings is 1. The van der Waals surface area contributed by atoms with Crippen LogP contribution in [0.5, 0.6) is 0 Å². The summed E-state index contributed by atoms with van der Waals surface area (Å²) in [4.78, 5) is 31.2. The molecule has 0 aliphatic rings. The maximum atomic E-state index is 13.4. The van der Waals surface area contributed by atoms with Gasteiger partial charge in [-0.25, -0.2) is 14.3 Å². The van der Waals surface area contributed by atoms with Crippen molar-refractivity contribution >= 4 is 22.8 Å². The van der Waals surface area contributed by atoms with Gasteiger partial charge in [0.05, 0.1) is 24.8 Å². The summed E-state index contributed by atoms with van der Waals surface area (Å²) >= 11 is 6.03. The van der Waals surface area contributed by atoms with Gasteiger partial charge in [-0.3, -0.25) is 9.36 Å². The molecule has 0 fully saturated rings. The van der Waals surface area contributed by atoms with E-state index in [1.54, 1.807) is 47.3 Å². The fourth-order valence-corrected chi connectivity index (χ4v) is 3.73. The number of halogens is 1. The van der Waals surface area contributed by atoms with E-state index in [1.165, 1.54) is 15.4 Å². The molecule has 0 saturated carbocycles. The summed E-state index contributed by atoms with van der Waals surface area (Å²) in [6.07, 6.45) is 3.10. The molecular weight excluding hydrogens is 416 g/mol. The number of imidazole rings is 1. The Morgan fingerprint density at radius 1 is 0.903 bits per heavy atom. The summed E-state index contributed by atoms with van der Waals surface area (Å²) in [5.74, 6) is 0.510. The second kappa shape index (κ2) is 7.77. The molecule has 7 nitrogen and oxygen atoms in total. The largest absolute Gasteiger partial charge is 0.467 e. The maximum Gasteiger partial charge on any atom is 0.337 e. The number of fused-ring (bicyclic) bond motifs is 1. The molecule has 3 heterocycles. The Balaban J connectivity index is 1.77. The van der Waals surface area contributed by atoms with Crippen molar-refractivity contribution in [2.75, 3.05) is 0 Å². The van der Waals surface area contributed by atoms with Crippen molar-refractivity contribution in [1.29, 1.82) is 0 Å². The highest BCUT2D eigenvalue weighted by Gasteiger charge is 2.20. The van der Waals surface area contributed by atoms with E-state index in [1.807, 2.05) is 30.3 Å². The SMILES string of the molecule is O=c1c2c(ncn2Cc2ccccc2)n(-c2ccc(Cl)cc2)c(=O)n1Cc1ccco1. The Morgan fingerprint density at radius 2 is 1.68 bits per heavy atom. The standard InChI is InChI=1S/C23H17ClN4O3/c24-17-8-10-18(11-9-17)28-21-20(26(15-25-21)13-16-5-2-1-3-6-16)22(29)27(23(28)30)14-19-7-4-12-31-19/h1-12,15H,13-14H2. The molecule has 154 valence electrons. The number of nitrogens with zero attached hydrogens (tertiary/aromatic N) is 4. The minimum absolute atomic E-state index is 0.0186. The minimum atomic E-state index is -0.499. The van der Waals surface area contributed by atoms with Crippen molar-refractivity contribution in [3.05, 3.63) is 117 Å². The van der Waals surface area contributed by atoms with Crippen LogP contribution < -0.4 is 11.2 Å². The van der Waals surface area contributed by atoms with Gasteiger partial charge in [0, 0.05) is 11.6 Å². The van der Waals surface area contributed by atoms with Crippen LogP contribution in [0, 0.1) is 0 Å². The number of aromatic nitrogens is 4. The third-order valence-electron chi connectivity index (χ3n) is 5.07. The van der Waals surface area contributed by atoms with Crippen molar-refractivity contribution in [1.82, 2.24) is 18.7 Å². The van der Waals surface area contributed by atoms with Crippen LogP contribution in [0.1, 0.15) is 11.3 Å². The summed E-state index contributed by atoms with van der Waals surface area (Å²) in [6, 6.07) is 20.0. The summed E-state index contributed by atoms with van der Waals surface area (Å²) in [5, 5.41) is 0.548. The number of hydrogen-bond donors (Lipinski definition) is 0. The van der Waals surface area contributed by atoms with Crippen molar-refractivity contribution in [2.45, 2.75) is 13.1 Å². The third-order valence-corrected chi connectivity index (χ3v) is 5.33. The van der Waals surface area contributed by atoms with Gasteiger partial charge in [0.1, 0.15) is 5.76 Å². The molecule has 0 saturated heterocycles. The van der Waals surface area contributed by atoms with E-state index in [4.69, 9.17) is 16.0 Å². The Kier molecular flexibility index (Phi) is 4.80. The molecule has 0 aliphatic heterocycles. The van der Waals surface area contributed by atoms with E-state index in [9.17, 15) is 9.59 Å². The Morgan fingerprint density at radius 3 is 2.39 bits per heavy atom. The van der Waals surface area contributed by atoms with Gasteiger partial charge in [0.15, 0.2) is 11.2 Å². The molecule has 0 aliphatic carbocycles. The summed E-state index contributed by atoms with van der Waals surface area (Å²) in [5.41, 5.74) is 1.30. The third kappa shape index (κ3) is 3.49. The van der Waals surface area contributed by atoms with E-state index in [2.05, 4.69) is 4.98 Å². The molecule has 0 spiro atoms. The molecule has 0 amide bonds. The molecule has 0 N–H and O–H groups in total. The highest BCUT2D eigenvalue weighted by atomic mass is 35.5. The highest BCUT2D eigenvalue weighted by Crippen LogP contribution is 2.17. The van der Waals surface area contributed by atoms with Gasteiger partial charge in [-0.1, -0.05) is 41.9 Å². The molecule has 0 atom stereocenters. The van der Waals surface area contributed by atoms with Gasteiger partial charge in [0.25, 0.3) is 5.56 Å². The maximum absolute atomic E-state index is 13.4.